The van der Waals surface area contributed by atoms with Crippen molar-refractivity contribution in [2.24, 2.45) is 11.8 Å². The number of anilines is 2. The molecule has 6 aromatic rings. The normalized spacial score (nSPS) is 20.2. The third-order valence-corrected chi connectivity index (χ3v) is 12.0. The summed E-state index contributed by atoms with van der Waals surface area (Å²) in [6, 6.07) is 19.6. The molecule has 2 aliphatic carbocycles. The molecule has 58 heavy (non-hydrogen) atoms. The summed E-state index contributed by atoms with van der Waals surface area (Å²) >= 11 is 0. The summed E-state index contributed by atoms with van der Waals surface area (Å²) in [5.41, 5.74) is 6.12. The Labute approximate surface area is 336 Å². The van der Waals surface area contributed by atoms with Gasteiger partial charge in [0.25, 0.3) is 0 Å². The van der Waals surface area contributed by atoms with Crippen LogP contribution in [0.3, 0.4) is 0 Å². The number of likely N-dealkylation sites (tertiary alicyclic amines) is 2. The number of aromatic amines is 2. The average Bonchev–Trinajstić information content (AvgIpc) is 3.99. The van der Waals surface area contributed by atoms with Crippen molar-refractivity contribution in [3.05, 3.63) is 109 Å². The van der Waals surface area contributed by atoms with Crippen molar-refractivity contribution < 1.29 is 9.59 Å². The van der Waals surface area contributed by atoms with Crippen molar-refractivity contribution in [2.45, 2.75) is 75.5 Å². The third kappa shape index (κ3) is 7.41. The Balaban J connectivity index is 0.786. The summed E-state index contributed by atoms with van der Waals surface area (Å²) in [4.78, 5) is 65.6. The van der Waals surface area contributed by atoms with Gasteiger partial charge >= 0.3 is 0 Å². The molecule has 10 rings (SSSR count). The summed E-state index contributed by atoms with van der Waals surface area (Å²) in [6.45, 7) is 1.42. The molecule has 2 aromatic carbocycles. The van der Waals surface area contributed by atoms with Crippen LogP contribution in [0, 0.1) is 11.8 Å². The van der Waals surface area contributed by atoms with Gasteiger partial charge in [0, 0.05) is 37.9 Å². The SMILES string of the molecule is O=C([C@@H](Nc1ncccn1)C1CC1)N1CCC[C@H]1c1ncc(-c2ccc(-c3ccc(-c4cnc([C@@H]5CCCN5C(=O)[C@@H](Nc5ncccn5)C5CC5)[nH]4)cc3)cc2)[nH]1. The Kier molecular flexibility index (Phi) is 9.59. The maximum Gasteiger partial charge on any atom is 0.246 e. The number of carbonyl (C=O) groups is 2. The molecule has 294 valence electrons. The molecule has 0 unspecified atom stereocenters. The number of hydrogen-bond donors (Lipinski definition) is 4. The zero-order chi connectivity index (χ0) is 39.0. The Morgan fingerprint density at radius 1 is 0.534 bits per heavy atom. The highest BCUT2D eigenvalue weighted by molar-refractivity contribution is 5.86. The Morgan fingerprint density at radius 3 is 1.29 bits per heavy atom. The van der Waals surface area contributed by atoms with E-state index in [9.17, 15) is 9.59 Å². The van der Waals surface area contributed by atoms with E-state index in [1.807, 2.05) is 22.2 Å². The van der Waals surface area contributed by atoms with Crippen LogP contribution in [0.5, 0.6) is 0 Å². The van der Waals surface area contributed by atoms with E-state index in [0.717, 1.165) is 96.7 Å². The topological polar surface area (TPSA) is 174 Å². The van der Waals surface area contributed by atoms with Crippen molar-refractivity contribution in [2.75, 3.05) is 23.7 Å². The van der Waals surface area contributed by atoms with Gasteiger partial charge in [-0.1, -0.05) is 48.5 Å². The smallest absolute Gasteiger partial charge is 0.246 e. The summed E-state index contributed by atoms with van der Waals surface area (Å²) in [7, 11) is 0. The number of nitrogens with zero attached hydrogens (tertiary/aromatic N) is 8. The van der Waals surface area contributed by atoms with Crippen LogP contribution >= 0.6 is 0 Å². The second kappa shape index (κ2) is 15.5. The minimum absolute atomic E-state index is 0.0942. The monoisotopic (exact) mass is 774 g/mol. The second-order valence-electron chi connectivity index (χ2n) is 16.0. The summed E-state index contributed by atoms with van der Waals surface area (Å²) in [5.74, 6) is 3.40. The van der Waals surface area contributed by atoms with Gasteiger partial charge in [-0.25, -0.2) is 29.9 Å². The second-order valence-corrected chi connectivity index (χ2v) is 16.0. The first kappa shape index (κ1) is 35.9. The molecule has 4 fully saturated rings. The number of H-pyrrole nitrogens is 2. The largest absolute Gasteiger partial charge is 0.342 e. The predicted octanol–water partition coefficient (Wildman–Crippen LogP) is 6.82. The lowest BCUT2D eigenvalue weighted by Gasteiger charge is -2.28. The molecule has 4 N–H and O–H groups in total. The molecule has 2 saturated carbocycles. The number of benzene rings is 2. The van der Waals surface area contributed by atoms with Crippen molar-refractivity contribution in [1.29, 1.82) is 0 Å². The van der Waals surface area contributed by atoms with Gasteiger partial charge in [0.1, 0.15) is 23.7 Å². The van der Waals surface area contributed by atoms with Crippen LogP contribution in [-0.4, -0.2) is 86.7 Å². The zero-order valence-corrected chi connectivity index (χ0v) is 32.2. The van der Waals surface area contributed by atoms with Gasteiger partial charge in [-0.05, 0) is 97.6 Å². The highest BCUT2D eigenvalue weighted by atomic mass is 16.2. The Hall–Kier alpha value is -6.44. The summed E-state index contributed by atoms with van der Waals surface area (Å²) < 4.78 is 0. The maximum atomic E-state index is 13.9. The van der Waals surface area contributed by atoms with Crippen molar-refractivity contribution in [3.63, 3.8) is 0 Å². The van der Waals surface area contributed by atoms with Gasteiger partial charge in [0.15, 0.2) is 0 Å². The molecular formula is C44H46N12O2. The van der Waals surface area contributed by atoms with E-state index in [0.29, 0.717) is 36.8 Å². The fourth-order valence-corrected chi connectivity index (χ4v) is 8.62. The first-order chi connectivity index (χ1) is 28.6. The molecule has 2 aliphatic heterocycles. The van der Waals surface area contributed by atoms with Gasteiger partial charge in [-0.3, -0.25) is 9.59 Å². The predicted molar refractivity (Wildman–Crippen MR) is 219 cm³/mol. The number of aromatic nitrogens is 8. The molecule has 4 aromatic heterocycles. The molecule has 4 aliphatic rings. The summed E-state index contributed by atoms with van der Waals surface area (Å²) in [6.07, 6.45) is 18.2. The van der Waals surface area contributed by atoms with Gasteiger partial charge in [-0.2, -0.15) is 0 Å². The lowest BCUT2D eigenvalue weighted by molar-refractivity contribution is -0.134. The van der Waals surface area contributed by atoms with Crippen LogP contribution in [-0.2, 0) is 9.59 Å². The van der Waals surface area contributed by atoms with E-state index >= 15 is 0 Å². The zero-order valence-electron chi connectivity index (χ0n) is 32.2. The highest BCUT2D eigenvalue weighted by Crippen LogP contribution is 2.40. The van der Waals surface area contributed by atoms with E-state index in [-0.39, 0.29) is 36.0 Å². The molecule has 4 atom stereocenters. The quantitative estimate of drug-likeness (QED) is 0.0975. The van der Waals surface area contributed by atoms with E-state index in [1.165, 1.54) is 0 Å². The lowest BCUT2D eigenvalue weighted by atomic mass is 10.0. The Morgan fingerprint density at radius 2 is 0.914 bits per heavy atom. The maximum absolute atomic E-state index is 13.9. The number of hydrogen-bond acceptors (Lipinski definition) is 10. The molecule has 6 heterocycles. The van der Waals surface area contributed by atoms with Gasteiger partial charge in [-0.15, -0.1) is 0 Å². The van der Waals surface area contributed by atoms with Gasteiger partial charge < -0.3 is 30.4 Å². The fraction of sp³-hybridized carbons (Fsp3) is 0.364. The first-order valence-electron chi connectivity index (χ1n) is 20.5. The van der Waals surface area contributed by atoms with E-state index < -0.39 is 0 Å². The lowest BCUT2D eigenvalue weighted by Crippen LogP contribution is -2.44. The molecular weight excluding hydrogens is 729 g/mol. The fourth-order valence-electron chi connectivity index (χ4n) is 8.62. The molecule has 14 nitrogen and oxygen atoms in total. The Bertz CT molecular complexity index is 2190. The first-order valence-corrected chi connectivity index (χ1v) is 20.5. The molecule has 14 heteroatoms. The van der Waals surface area contributed by atoms with Gasteiger partial charge in [0.05, 0.1) is 35.9 Å². The molecule has 2 saturated heterocycles. The minimum Gasteiger partial charge on any atom is -0.342 e. The number of nitrogens with one attached hydrogen (secondary N) is 4. The summed E-state index contributed by atoms with van der Waals surface area (Å²) in [5, 5.41) is 6.63. The van der Waals surface area contributed by atoms with E-state index in [1.54, 1.807) is 36.9 Å². The van der Waals surface area contributed by atoms with Crippen molar-refractivity contribution in [3.8, 4) is 33.6 Å². The molecule has 0 bridgehead atoms. The van der Waals surface area contributed by atoms with Crippen LogP contribution < -0.4 is 10.6 Å². The van der Waals surface area contributed by atoms with Crippen molar-refractivity contribution >= 4 is 23.7 Å². The average molecular weight is 775 g/mol. The van der Waals surface area contributed by atoms with E-state index in [4.69, 9.17) is 9.97 Å². The number of imidazole rings is 2. The number of amides is 2. The number of carbonyl (C=O) groups excluding carboxylic acids is 2. The van der Waals surface area contributed by atoms with Crippen LogP contribution in [0.25, 0.3) is 33.6 Å². The van der Waals surface area contributed by atoms with Crippen LogP contribution in [0.2, 0.25) is 0 Å². The molecule has 0 spiro atoms. The van der Waals surface area contributed by atoms with Crippen molar-refractivity contribution in [1.82, 2.24) is 49.7 Å². The highest BCUT2D eigenvalue weighted by Gasteiger charge is 2.44. The molecule has 2 amide bonds. The minimum atomic E-state index is -0.333. The van der Waals surface area contributed by atoms with Gasteiger partial charge in [0.2, 0.25) is 23.7 Å². The molecule has 0 radical (unpaired) electrons. The van der Waals surface area contributed by atoms with E-state index in [2.05, 4.69) is 89.1 Å². The standard InChI is InChI=1S/C44H46N12O2/c57-41(37(31-15-16-31)53-43-45-19-3-20-46-43)55-23-1-5-35(55)39-49-25-33(51-39)29-11-7-27(8-12-29)28-9-13-30(14-10-28)34-26-50-40(52-34)36-6-2-24-56(36)42(58)38(32-17-18-32)54-44-47-21-4-22-48-44/h3-4,7-14,19-22,25-26,31-32,35-38H,1-2,5-6,15-18,23-24H2,(H,49,51)(H,50,52)(H,45,46,53)(H,47,48,54)/t35-,36-,37-,38-/m0/s1. The number of rotatable bonds is 13. The van der Waals surface area contributed by atoms with Crippen LogP contribution in [0.4, 0.5) is 11.9 Å². The van der Waals surface area contributed by atoms with Crippen LogP contribution in [0.1, 0.15) is 75.1 Å². The third-order valence-electron chi connectivity index (χ3n) is 12.0. The van der Waals surface area contributed by atoms with Crippen LogP contribution in [0.15, 0.2) is 97.8 Å².